The van der Waals surface area contributed by atoms with Gasteiger partial charge in [0.05, 0.1) is 19.8 Å². The highest BCUT2D eigenvalue weighted by Gasteiger charge is 2.11. The molecule has 0 bridgehead atoms. The Bertz CT molecular complexity index is 313. The van der Waals surface area contributed by atoms with E-state index in [1.54, 1.807) is 7.11 Å². The van der Waals surface area contributed by atoms with Gasteiger partial charge >= 0.3 is 0 Å². The summed E-state index contributed by atoms with van der Waals surface area (Å²) in [5.74, 6) is 1.39. The van der Waals surface area contributed by atoms with Crippen LogP contribution in [0.15, 0.2) is 4.52 Å². The van der Waals surface area contributed by atoms with Crippen molar-refractivity contribution < 1.29 is 14.0 Å². The summed E-state index contributed by atoms with van der Waals surface area (Å²) in [6, 6.07) is 0.385. The molecule has 0 aliphatic heterocycles. The molecule has 1 heterocycles. The lowest BCUT2D eigenvalue weighted by molar-refractivity contribution is 0.0714. The van der Waals surface area contributed by atoms with Crippen LogP contribution < -0.4 is 5.32 Å². The number of likely N-dealkylation sites (N-methyl/N-ethyl adjacent to an activating group) is 1. The molecule has 1 rings (SSSR count). The SMILES string of the molecule is CCC(Cc1nc(CCOCCOC)no1)NC. The highest BCUT2D eigenvalue weighted by Crippen LogP contribution is 2.04. The van der Waals surface area contributed by atoms with Gasteiger partial charge in [-0.05, 0) is 13.5 Å². The fourth-order valence-electron chi connectivity index (χ4n) is 1.54. The standard InChI is InChI=1S/C12H23N3O3/c1-4-10(13-2)9-12-14-11(15-18-12)5-6-17-8-7-16-3/h10,13H,4-9H2,1-3H3. The van der Waals surface area contributed by atoms with E-state index in [4.69, 9.17) is 14.0 Å². The summed E-state index contributed by atoms with van der Waals surface area (Å²) < 4.78 is 15.4. The predicted molar refractivity (Wildman–Crippen MR) is 67.5 cm³/mol. The minimum atomic E-state index is 0.385. The molecular formula is C12H23N3O3. The number of ether oxygens (including phenoxy) is 2. The summed E-state index contributed by atoms with van der Waals surface area (Å²) in [4.78, 5) is 4.33. The van der Waals surface area contributed by atoms with Crippen LogP contribution in [0.4, 0.5) is 0 Å². The number of nitrogens with zero attached hydrogens (tertiary/aromatic N) is 2. The van der Waals surface area contributed by atoms with E-state index >= 15 is 0 Å². The Hall–Kier alpha value is -0.980. The number of rotatable bonds is 10. The smallest absolute Gasteiger partial charge is 0.228 e. The van der Waals surface area contributed by atoms with Crippen molar-refractivity contribution in [1.82, 2.24) is 15.5 Å². The average molecular weight is 257 g/mol. The zero-order valence-electron chi connectivity index (χ0n) is 11.4. The summed E-state index contributed by atoms with van der Waals surface area (Å²) in [5.41, 5.74) is 0. The second-order valence-electron chi connectivity index (χ2n) is 4.06. The van der Waals surface area contributed by atoms with Crippen LogP contribution in [0.25, 0.3) is 0 Å². The highest BCUT2D eigenvalue weighted by molar-refractivity contribution is 4.89. The van der Waals surface area contributed by atoms with Gasteiger partial charge in [0.25, 0.3) is 0 Å². The normalized spacial score (nSPS) is 12.8. The molecule has 1 N–H and O–H groups in total. The van der Waals surface area contributed by atoms with E-state index in [9.17, 15) is 0 Å². The minimum absolute atomic E-state index is 0.385. The van der Waals surface area contributed by atoms with Crippen LogP contribution in [0.2, 0.25) is 0 Å². The summed E-state index contributed by atoms with van der Waals surface area (Å²) in [5, 5.41) is 7.14. The Morgan fingerprint density at radius 2 is 2.17 bits per heavy atom. The molecule has 0 aliphatic rings. The molecule has 0 saturated heterocycles. The first-order chi connectivity index (χ1) is 8.80. The quantitative estimate of drug-likeness (QED) is 0.626. The Morgan fingerprint density at radius 1 is 1.33 bits per heavy atom. The minimum Gasteiger partial charge on any atom is -0.382 e. The topological polar surface area (TPSA) is 69.4 Å². The van der Waals surface area contributed by atoms with E-state index in [1.165, 1.54) is 0 Å². The fourth-order valence-corrected chi connectivity index (χ4v) is 1.54. The molecule has 6 heteroatoms. The van der Waals surface area contributed by atoms with Gasteiger partial charge in [0.1, 0.15) is 0 Å². The molecule has 1 aromatic heterocycles. The largest absolute Gasteiger partial charge is 0.382 e. The Labute approximate surface area is 108 Å². The van der Waals surface area contributed by atoms with Crippen molar-refractivity contribution in [1.29, 1.82) is 0 Å². The molecule has 18 heavy (non-hydrogen) atoms. The van der Waals surface area contributed by atoms with Crippen molar-refractivity contribution in [2.75, 3.05) is 34.0 Å². The van der Waals surface area contributed by atoms with Crippen molar-refractivity contribution in [3.8, 4) is 0 Å². The van der Waals surface area contributed by atoms with E-state index in [2.05, 4.69) is 22.4 Å². The highest BCUT2D eigenvalue weighted by atomic mass is 16.5. The van der Waals surface area contributed by atoms with Crippen molar-refractivity contribution in [2.45, 2.75) is 32.2 Å². The van der Waals surface area contributed by atoms with E-state index < -0.39 is 0 Å². The van der Waals surface area contributed by atoms with Gasteiger partial charge in [-0.15, -0.1) is 0 Å². The lowest BCUT2D eigenvalue weighted by atomic mass is 10.1. The van der Waals surface area contributed by atoms with Crippen LogP contribution >= 0.6 is 0 Å². The molecular weight excluding hydrogens is 234 g/mol. The van der Waals surface area contributed by atoms with Crippen LogP contribution in [0.5, 0.6) is 0 Å². The van der Waals surface area contributed by atoms with Gasteiger partial charge in [0.2, 0.25) is 5.89 Å². The summed E-state index contributed by atoms with van der Waals surface area (Å²) in [6.45, 7) is 3.92. The van der Waals surface area contributed by atoms with Gasteiger partial charge in [0.15, 0.2) is 5.82 Å². The lowest BCUT2D eigenvalue weighted by Gasteiger charge is -2.09. The molecule has 0 fully saturated rings. The first kappa shape index (κ1) is 15.1. The summed E-state index contributed by atoms with van der Waals surface area (Å²) in [6.07, 6.45) is 2.47. The fraction of sp³-hybridized carbons (Fsp3) is 0.833. The molecule has 1 aromatic rings. The van der Waals surface area contributed by atoms with Crippen LogP contribution in [0, 0.1) is 0 Å². The van der Waals surface area contributed by atoms with E-state index in [0.717, 1.165) is 12.8 Å². The van der Waals surface area contributed by atoms with Crippen molar-refractivity contribution in [3.63, 3.8) is 0 Å². The third kappa shape index (κ3) is 5.57. The van der Waals surface area contributed by atoms with Crippen LogP contribution in [0.3, 0.4) is 0 Å². The van der Waals surface area contributed by atoms with Crippen molar-refractivity contribution in [3.05, 3.63) is 11.7 Å². The first-order valence-corrected chi connectivity index (χ1v) is 6.35. The Balaban J connectivity index is 2.25. The molecule has 0 radical (unpaired) electrons. The zero-order chi connectivity index (χ0) is 13.2. The lowest BCUT2D eigenvalue weighted by Crippen LogP contribution is -2.26. The number of hydrogen-bond acceptors (Lipinski definition) is 6. The van der Waals surface area contributed by atoms with Crippen LogP contribution in [0.1, 0.15) is 25.1 Å². The molecule has 0 aromatic carbocycles. The van der Waals surface area contributed by atoms with Gasteiger partial charge in [-0.1, -0.05) is 12.1 Å². The summed E-state index contributed by atoms with van der Waals surface area (Å²) >= 11 is 0. The van der Waals surface area contributed by atoms with Gasteiger partial charge in [-0.3, -0.25) is 0 Å². The zero-order valence-corrected chi connectivity index (χ0v) is 11.4. The van der Waals surface area contributed by atoms with Gasteiger partial charge in [-0.25, -0.2) is 0 Å². The van der Waals surface area contributed by atoms with E-state index in [1.807, 2.05) is 7.05 Å². The monoisotopic (exact) mass is 257 g/mol. The second-order valence-corrected chi connectivity index (χ2v) is 4.06. The second kappa shape index (κ2) is 9.02. The van der Waals surface area contributed by atoms with Crippen molar-refractivity contribution >= 4 is 0 Å². The van der Waals surface area contributed by atoms with Crippen molar-refractivity contribution in [2.24, 2.45) is 0 Å². The first-order valence-electron chi connectivity index (χ1n) is 6.35. The molecule has 6 nitrogen and oxygen atoms in total. The number of methoxy groups -OCH3 is 1. The molecule has 0 aliphatic carbocycles. The predicted octanol–water partition coefficient (Wildman–Crippen LogP) is 0.816. The summed E-state index contributed by atoms with van der Waals surface area (Å²) in [7, 11) is 3.59. The van der Waals surface area contributed by atoms with E-state index in [-0.39, 0.29) is 0 Å². The van der Waals surface area contributed by atoms with Crippen LogP contribution in [-0.2, 0) is 22.3 Å². The number of aromatic nitrogens is 2. The molecule has 0 saturated carbocycles. The molecule has 1 atom stereocenters. The van der Waals surface area contributed by atoms with Crippen LogP contribution in [-0.4, -0.2) is 50.2 Å². The third-order valence-electron chi connectivity index (χ3n) is 2.73. The van der Waals surface area contributed by atoms with E-state index in [0.29, 0.717) is 44.0 Å². The van der Waals surface area contributed by atoms with Gasteiger partial charge < -0.3 is 19.3 Å². The molecule has 1 unspecified atom stereocenters. The Kier molecular flexibility index (Phi) is 7.55. The Morgan fingerprint density at radius 3 is 2.83 bits per heavy atom. The maximum Gasteiger partial charge on any atom is 0.228 e. The molecule has 0 spiro atoms. The van der Waals surface area contributed by atoms with Gasteiger partial charge in [0, 0.05) is 26.0 Å². The third-order valence-corrected chi connectivity index (χ3v) is 2.73. The maximum absolute atomic E-state index is 5.35. The van der Waals surface area contributed by atoms with Gasteiger partial charge in [-0.2, -0.15) is 4.98 Å². The number of nitrogens with one attached hydrogen (secondary N) is 1. The average Bonchev–Trinajstić information content (AvgIpc) is 2.83. The molecule has 0 amide bonds. The molecule has 104 valence electrons. The maximum atomic E-state index is 5.35. The number of hydrogen-bond donors (Lipinski definition) is 1.